The van der Waals surface area contributed by atoms with E-state index in [1.165, 1.54) is 16.7 Å². The minimum atomic E-state index is 0.434. The van der Waals surface area contributed by atoms with Gasteiger partial charge in [0.15, 0.2) is 0 Å². The maximum atomic E-state index is 6.36. The van der Waals surface area contributed by atoms with Crippen LogP contribution in [0.25, 0.3) is 0 Å². The molecular weight excluding hydrogens is 280 g/mol. The Hall–Kier alpha value is -1.51. The molecule has 21 heavy (non-hydrogen) atoms. The number of aryl methyl sites for hydroxylation is 1. The molecular formula is C18H23ClN2. The number of hydrogen-bond donors (Lipinski definition) is 1. The van der Waals surface area contributed by atoms with Crippen LogP contribution in [0.2, 0.25) is 5.02 Å². The lowest BCUT2D eigenvalue weighted by atomic mass is 10.1. The second-order valence-electron chi connectivity index (χ2n) is 5.84. The second kappa shape index (κ2) is 6.97. The first-order valence-corrected chi connectivity index (χ1v) is 7.67. The number of rotatable bonds is 5. The summed E-state index contributed by atoms with van der Waals surface area (Å²) in [4.78, 5) is 2.39. The third-order valence-electron chi connectivity index (χ3n) is 3.65. The molecule has 2 rings (SSSR count). The molecule has 2 N–H and O–H groups in total. The lowest BCUT2D eigenvalue weighted by Gasteiger charge is -2.27. The number of halogens is 1. The van der Waals surface area contributed by atoms with Crippen LogP contribution in [0.1, 0.15) is 30.5 Å². The maximum Gasteiger partial charge on any atom is 0.0453 e. The Morgan fingerprint density at radius 3 is 2.48 bits per heavy atom. The molecule has 112 valence electrons. The zero-order valence-electron chi connectivity index (χ0n) is 12.9. The zero-order chi connectivity index (χ0) is 15.4. The minimum absolute atomic E-state index is 0.434. The number of hydrogen-bond acceptors (Lipinski definition) is 2. The number of benzene rings is 2. The van der Waals surface area contributed by atoms with Crippen LogP contribution < -0.4 is 5.73 Å². The average molecular weight is 303 g/mol. The van der Waals surface area contributed by atoms with E-state index in [0.29, 0.717) is 6.04 Å². The first-order chi connectivity index (χ1) is 9.95. The summed E-state index contributed by atoms with van der Waals surface area (Å²) < 4.78 is 0. The molecule has 0 spiro atoms. The number of nitrogen functional groups attached to an aromatic ring is 1. The summed E-state index contributed by atoms with van der Waals surface area (Å²) in [6, 6.07) is 14.8. The van der Waals surface area contributed by atoms with Crippen molar-refractivity contribution in [2.45, 2.75) is 39.9 Å². The van der Waals surface area contributed by atoms with E-state index in [2.05, 4.69) is 43.9 Å². The highest BCUT2D eigenvalue weighted by Gasteiger charge is 2.13. The molecule has 2 nitrogen and oxygen atoms in total. The molecule has 2 aromatic carbocycles. The molecule has 0 saturated heterocycles. The predicted octanol–water partition coefficient (Wildman–Crippen LogP) is 4.64. The molecule has 2 aromatic rings. The largest absolute Gasteiger partial charge is 0.399 e. The lowest BCUT2D eigenvalue weighted by molar-refractivity contribution is 0.204. The van der Waals surface area contributed by atoms with Crippen molar-refractivity contribution in [3.8, 4) is 0 Å². The number of anilines is 1. The van der Waals surface area contributed by atoms with Gasteiger partial charge < -0.3 is 5.73 Å². The quantitative estimate of drug-likeness (QED) is 0.815. The Bertz CT molecular complexity index is 608. The fourth-order valence-corrected chi connectivity index (χ4v) is 2.64. The second-order valence-corrected chi connectivity index (χ2v) is 6.25. The van der Waals surface area contributed by atoms with E-state index >= 15 is 0 Å². The molecule has 0 atom stereocenters. The van der Waals surface area contributed by atoms with Gasteiger partial charge in [0.25, 0.3) is 0 Å². The Morgan fingerprint density at radius 2 is 1.86 bits per heavy atom. The van der Waals surface area contributed by atoms with Crippen molar-refractivity contribution in [1.29, 1.82) is 0 Å². The monoisotopic (exact) mass is 302 g/mol. The molecule has 0 aromatic heterocycles. The molecule has 0 bridgehead atoms. The van der Waals surface area contributed by atoms with Crippen molar-refractivity contribution in [1.82, 2.24) is 4.90 Å². The summed E-state index contributed by atoms with van der Waals surface area (Å²) in [5, 5.41) is 0.841. The van der Waals surface area contributed by atoms with Crippen LogP contribution in [-0.2, 0) is 13.1 Å². The normalized spacial score (nSPS) is 11.3. The molecule has 0 radical (unpaired) electrons. The van der Waals surface area contributed by atoms with E-state index in [-0.39, 0.29) is 0 Å². The third kappa shape index (κ3) is 4.48. The smallest absolute Gasteiger partial charge is 0.0453 e. The van der Waals surface area contributed by atoms with E-state index in [4.69, 9.17) is 17.3 Å². The van der Waals surface area contributed by atoms with Gasteiger partial charge >= 0.3 is 0 Å². The summed E-state index contributed by atoms with van der Waals surface area (Å²) >= 11 is 6.36. The van der Waals surface area contributed by atoms with Crippen LogP contribution in [0.5, 0.6) is 0 Å². The van der Waals surface area contributed by atoms with Gasteiger partial charge in [-0.2, -0.15) is 0 Å². The standard InChI is InChI=1S/C18H23ClN2/c1-13(2)21(11-15-5-4-6-17(20)10-15)12-16-8-7-14(3)9-18(16)19/h4-10,13H,11-12,20H2,1-3H3. The van der Waals surface area contributed by atoms with E-state index in [1.54, 1.807) is 0 Å². The van der Waals surface area contributed by atoms with Crippen molar-refractivity contribution < 1.29 is 0 Å². The van der Waals surface area contributed by atoms with Gasteiger partial charge in [0.2, 0.25) is 0 Å². The average Bonchev–Trinajstić information content (AvgIpc) is 2.40. The van der Waals surface area contributed by atoms with E-state index in [0.717, 1.165) is 23.8 Å². The Labute approximate surface area is 132 Å². The van der Waals surface area contributed by atoms with Gasteiger partial charge in [0.1, 0.15) is 0 Å². The van der Waals surface area contributed by atoms with Gasteiger partial charge in [0.05, 0.1) is 0 Å². The summed E-state index contributed by atoms with van der Waals surface area (Å²) in [5.74, 6) is 0. The third-order valence-corrected chi connectivity index (χ3v) is 4.00. The predicted molar refractivity (Wildman–Crippen MR) is 91.4 cm³/mol. The molecule has 0 aliphatic rings. The first-order valence-electron chi connectivity index (χ1n) is 7.29. The van der Waals surface area contributed by atoms with E-state index in [9.17, 15) is 0 Å². The highest BCUT2D eigenvalue weighted by molar-refractivity contribution is 6.31. The van der Waals surface area contributed by atoms with E-state index < -0.39 is 0 Å². The fourth-order valence-electron chi connectivity index (χ4n) is 2.35. The van der Waals surface area contributed by atoms with Gasteiger partial charge in [-0.1, -0.05) is 35.9 Å². The number of nitrogens with zero attached hydrogens (tertiary/aromatic N) is 1. The summed E-state index contributed by atoms with van der Waals surface area (Å²) in [7, 11) is 0. The highest BCUT2D eigenvalue weighted by Crippen LogP contribution is 2.22. The minimum Gasteiger partial charge on any atom is -0.399 e. The van der Waals surface area contributed by atoms with Crippen LogP contribution in [0, 0.1) is 6.92 Å². The van der Waals surface area contributed by atoms with Crippen molar-refractivity contribution in [2.75, 3.05) is 5.73 Å². The molecule has 0 saturated carbocycles. The summed E-state index contributed by atoms with van der Waals surface area (Å²) in [6.45, 7) is 8.17. The van der Waals surface area contributed by atoms with Gasteiger partial charge in [-0.25, -0.2) is 0 Å². The van der Waals surface area contributed by atoms with Gasteiger partial charge in [-0.05, 0) is 55.7 Å². The molecule has 3 heteroatoms. The Balaban J connectivity index is 2.16. The van der Waals surface area contributed by atoms with Crippen LogP contribution in [0.15, 0.2) is 42.5 Å². The van der Waals surface area contributed by atoms with Crippen molar-refractivity contribution in [3.63, 3.8) is 0 Å². The molecule has 0 heterocycles. The maximum absolute atomic E-state index is 6.36. The topological polar surface area (TPSA) is 29.3 Å². The molecule has 0 unspecified atom stereocenters. The van der Waals surface area contributed by atoms with Crippen LogP contribution in [0.3, 0.4) is 0 Å². The van der Waals surface area contributed by atoms with Crippen molar-refractivity contribution in [2.24, 2.45) is 0 Å². The molecule has 0 aliphatic heterocycles. The zero-order valence-corrected chi connectivity index (χ0v) is 13.7. The highest BCUT2D eigenvalue weighted by atomic mass is 35.5. The molecule has 0 aliphatic carbocycles. The number of nitrogens with two attached hydrogens (primary N) is 1. The summed E-state index contributed by atoms with van der Waals surface area (Å²) in [6.07, 6.45) is 0. The fraction of sp³-hybridized carbons (Fsp3) is 0.333. The van der Waals surface area contributed by atoms with Gasteiger partial charge in [-0.3, -0.25) is 4.90 Å². The first kappa shape index (κ1) is 15.9. The Morgan fingerprint density at radius 1 is 1.10 bits per heavy atom. The SMILES string of the molecule is Cc1ccc(CN(Cc2cccc(N)c2)C(C)C)c(Cl)c1. The molecule has 0 amide bonds. The Kier molecular flexibility index (Phi) is 5.27. The van der Waals surface area contributed by atoms with Crippen LogP contribution >= 0.6 is 11.6 Å². The van der Waals surface area contributed by atoms with Crippen molar-refractivity contribution in [3.05, 3.63) is 64.2 Å². The van der Waals surface area contributed by atoms with Gasteiger partial charge in [0, 0.05) is 29.8 Å². The van der Waals surface area contributed by atoms with E-state index in [1.807, 2.05) is 24.3 Å². The summed E-state index contributed by atoms with van der Waals surface area (Å²) in [5.41, 5.74) is 10.3. The lowest BCUT2D eigenvalue weighted by Crippen LogP contribution is -2.30. The molecule has 0 fully saturated rings. The van der Waals surface area contributed by atoms with Crippen LogP contribution in [-0.4, -0.2) is 10.9 Å². The van der Waals surface area contributed by atoms with Gasteiger partial charge in [-0.15, -0.1) is 0 Å². The van der Waals surface area contributed by atoms with Crippen LogP contribution in [0.4, 0.5) is 5.69 Å². The van der Waals surface area contributed by atoms with Crippen molar-refractivity contribution >= 4 is 17.3 Å².